The van der Waals surface area contributed by atoms with E-state index in [0.29, 0.717) is 11.8 Å². The molecule has 0 bridgehead atoms. The maximum Gasteiger partial charge on any atom is 0.430 e. The Labute approximate surface area is 219 Å². The molecule has 0 N–H and O–H groups in total. The summed E-state index contributed by atoms with van der Waals surface area (Å²) in [5, 5.41) is 3.75. The average Bonchev–Trinajstić information content (AvgIpc) is 3.23. The Balaban J connectivity index is 2.30. The Kier molecular flexibility index (Phi) is 9.34. The minimum absolute atomic E-state index is 0.0259. The van der Waals surface area contributed by atoms with E-state index < -0.39 is 55.4 Å². The van der Waals surface area contributed by atoms with Crippen LogP contribution >= 0.6 is 12.2 Å². The number of hydrogen-bond donors (Lipinski definition) is 0. The first kappa shape index (κ1) is 30.5. The number of hydrazone groups is 1. The zero-order valence-corrected chi connectivity index (χ0v) is 23.0. The first-order valence-electron chi connectivity index (χ1n) is 11.2. The van der Waals surface area contributed by atoms with Crippen molar-refractivity contribution in [1.82, 2.24) is 9.91 Å². The van der Waals surface area contributed by atoms with Crippen LogP contribution in [-0.2, 0) is 30.3 Å². The molecular formula is C23H30F3N3O6S2. The molecule has 1 fully saturated rings. The van der Waals surface area contributed by atoms with Gasteiger partial charge in [0, 0.05) is 25.7 Å². The van der Waals surface area contributed by atoms with E-state index >= 15 is 0 Å². The molecule has 1 aliphatic rings. The number of thiocarbonyl (C=S) groups is 1. The van der Waals surface area contributed by atoms with Crippen molar-refractivity contribution in [3.05, 3.63) is 29.8 Å². The van der Waals surface area contributed by atoms with Gasteiger partial charge in [-0.1, -0.05) is 24.4 Å². The van der Waals surface area contributed by atoms with Crippen molar-refractivity contribution in [2.24, 2.45) is 5.10 Å². The summed E-state index contributed by atoms with van der Waals surface area (Å²) in [6.07, 6.45) is -5.93. The van der Waals surface area contributed by atoms with E-state index in [-0.39, 0.29) is 24.4 Å². The van der Waals surface area contributed by atoms with Crippen molar-refractivity contribution in [3.8, 4) is 0 Å². The predicted molar refractivity (Wildman–Crippen MR) is 134 cm³/mol. The third-order valence-electron chi connectivity index (χ3n) is 5.38. The van der Waals surface area contributed by atoms with Gasteiger partial charge in [0.2, 0.25) is 0 Å². The summed E-state index contributed by atoms with van der Waals surface area (Å²) >= 11 is 5.45. The SMILES string of the molecule is COC(=O)C1C[C@@H](S(=O)(=O)c2ccccc2C(F)(F)F)CN1C(=S)CC(C)=NN(C)C(=O)OC(C)(C)C. The number of alkyl halides is 3. The van der Waals surface area contributed by atoms with Crippen LogP contribution in [0.2, 0.25) is 0 Å². The first-order chi connectivity index (χ1) is 16.9. The number of hydrogen-bond acceptors (Lipinski definition) is 8. The lowest BCUT2D eigenvalue weighted by molar-refractivity contribution is -0.144. The zero-order chi connectivity index (χ0) is 28.3. The maximum atomic E-state index is 13.5. The highest BCUT2D eigenvalue weighted by atomic mass is 32.2. The van der Waals surface area contributed by atoms with Crippen molar-refractivity contribution >= 4 is 44.8 Å². The quantitative estimate of drug-likeness (QED) is 0.220. The largest absolute Gasteiger partial charge is 0.467 e. The molecule has 0 aromatic heterocycles. The van der Waals surface area contributed by atoms with Gasteiger partial charge in [0.1, 0.15) is 11.6 Å². The molecule has 1 aromatic rings. The van der Waals surface area contributed by atoms with Gasteiger partial charge in [0.05, 0.1) is 27.8 Å². The number of amides is 1. The summed E-state index contributed by atoms with van der Waals surface area (Å²) in [7, 11) is -2.00. The number of ether oxygens (including phenoxy) is 2. The fourth-order valence-electron chi connectivity index (χ4n) is 3.77. The standard InChI is InChI=1S/C23H30F3N3O6S2/c1-14(27-28(5)21(31)35-22(2,3)4)11-19(36)29-13-15(12-17(29)20(30)34-6)37(32,33)18-10-8-7-9-16(18)23(24,25)26/h7-10,15,17H,11-13H2,1-6H3/t15-,17?/m1/s1. The molecule has 0 radical (unpaired) electrons. The number of likely N-dealkylation sites (tertiary alicyclic amines) is 1. The van der Waals surface area contributed by atoms with Crippen molar-refractivity contribution in [2.45, 2.75) is 68.5 Å². The highest BCUT2D eigenvalue weighted by molar-refractivity contribution is 7.92. The smallest absolute Gasteiger partial charge is 0.430 e. The Morgan fingerprint density at radius 2 is 1.81 bits per heavy atom. The molecule has 2 atom stereocenters. The fourth-order valence-corrected chi connectivity index (χ4v) is 6.09. The minimum atomic E-state index is -4.88. The van der Waals surface area contributed by atoms with Gasteiger partial charge >= 0.3 is 18.2 Å². The number of esters is 1. The molecule has 1 aromatic carbocycles. The summed E-state index contributed by atoms with van der Waals surface area (Å²) in [5.41, 5.74) is -1.66. The van der Waals surface area contributed by atoms with Gasteiger partial charge in [-0.2, -0.15) is 18.3 Å². The second-order valence-corrected chi connectivity index (χ2v) is 12.2. The highest BCUT2D eigenvalue weighted by Crippen LogP contribution is 2.37. The molecule has 37 heavy (non-hydrogen) atoms. The van der Waals surface area contributed by atoms with E-state index in [2.05, 4.69) is 5.10 Å². The molecule has 0 spiro atoms. The van der Waals surface area contributed by atoms with Crippen molar-refractivity contribution in [3.63, 3.8) is 0 Å². The van der Waals surface area contributed by atoms with E-state index in [4.69, 9.17) is 21.7 Å². The van der Waals surface area contributed by atoms with Crippen LogP contribution in [0.15, 0.2) is 34.3 Å². The van der Waals surface area contributed by atoms with Gasteiger partial charge < -0.3 is 14.4 Å². The number of nitrogens with zero attached hydrogens (tertiary/aromatic N) is 3. The second kappa shape index (κ2) is 11.3. The molecule has 2 rings (SSSR count). The van der Waals surface area contributed by atoms with Crippen molar-refractivity contribution < 1.29 is 40.7 Å². The number of methoxy groups -OCH3 is 1. The van der Waals surface area contributed by atoms with Crippen LogP contribution in [0, 0.1) is 0 Å². The van der Waals surface area contributed by atoms with E-state index in [1.54, 1.807) is 27.7 Å². The number of halogens is 3. The van der Waals surface area contributed by atoms with Gasteiger partial charge in [-0.05, 0) is 46.2 Å². The molecule has 1 amide bonds. The zero-order valence-electron chi connectivity index (χ0n) is 21.3. The normalized spacial score (nSPS) is 18.9. The molecule has 1 aliphatic heterocycles. The molecule has 14 heteroatoms. The van der Waals surface area contributed by atoms with Gasteiger partial charge in [-0.25, -0.2) is 23.0 Å². The van der Waals surface area contributed by atoms with E-state index in [0.717, 1.165) is 24.3 Å². The summed E-state index contributed by atoms with van der Waals surface area (Å²) < 4.78 is 77.1. The minimum Gasteiger partial charge on any atom is -0.467 e. The summed E-state index contributed by atoms with van der Waals surface area (Å²) in [4.78, 5) is 25.2. The molecular weight excluding hydrogens is 535 g/mol. The van der Waals surface area contributed by atoms with Crippen LogP contribution in [0.1, 0.15) is 46.1 Å². The second-order valence-electron chi connectivity index (χ2n) is 9.50. The Hall–Kier alpha value is -2.74. The Morgan fingerprint density at radius 3 is 2.35 bits per heavy atom. The van der Waals surface area contributed by atoms with Gasteiger partial charge in [0.25, 0.3) is 0 Å². The summed E-state index contributed by atoms with van der Waals surface area (Å²) in [6.45, 7) is 6.35. The van der Waals surface area contributed by atoms with Crippen LogP contribution in [0.25, 0.3) is 0 Å². The van der Waals surface area contributed by atoms with Crippen LogP contribution in [0.4, 0.5) is 18.0 Å². The molecule has 9 nitrogen and oxygen atoms in total. The third kappa shape index (κ3) is 7.63. The van der Waals surface area contributed by atoms with Crippen LogP contribution in [0.5, 0.6) is 0 Å². The molecule has 1 heterocycles. The van der Waals surface area contributed by atoms with Crippen LogP contribution in [-0.4, -0.2) is 78.7 Å². The van der Waals surface area contributed by atoms with Crippen molar-refractivity contribution in [1.29, 1.82) is 0 Å². The van der Waals surface area contributed by atoms with Gasteiger partial charge in [0.15, 0.2) is 9.84 Å². The summed E-state index contributed by atoms with van der Waals surface area (Å²) in [6, 6.07) is 2.79. The lowest BCUT2D eigenvalue weighted by Crippen LogP contribution is -2.41. The number of carbonyl (C=O) groups is 2. The number of benzene rings is 1. The maximum absolute atomic E-state index is 13.5. The van der Waals surface area contributed by atoms with Gasteiger partial charge in [-0.15, -0.1) is 0 Å². The molecule has 1 unspecified atom stereocenters. The Morgan fingerprint density at radius 1 is 1.22 bits per heavy atom. The molecule has 0 saturated carbocycles. The predicted octanol–water partition coefficient (Wildman–Crippen LogP) is 4.06. The number of rotatable bonds is 6. The topological polar surface area (TPSA) is 106 Å². The van der Waals surface area contributed by atoms with Crippen molar-refractivity contribution in [2.75, 3.05) is 20.7 Å². The lowest BCUT2D eigenvalue weighted by Gasteiger charge is -2.26. The van der Waals surface area contributed by atoms with Crippen LogP contribution in [0.3, 0.4) is 0 Å². The third-order valence-corrected chi connectivity index (χ3v) is 7.95. The fraction of sp³-hybridized carbons (Fsp3) is 0.565. The number of sulfone groups is 1. The average molecular weight is 566 g/mol. The molecule has 1 saturated heterocycles. The molecule has 0 aliphatic carbocycles. The van der Waals surface area contributed by atoms with E-state index in [9.17, 15) is 31.2 Å². The van der Waals surface area contributed by atoms with E-state index in [1.807, 2.05) is 0 Å². The lowest BCUT2D eigenvalue weighted by atomic mass is 10.2. The number of carbonyl (C=O) groups excluding carboxylic acids is 2. The Bertz CT molecular complexity index is 1180. The highest BCUT2D eigenvalue weighted by Gasteiger charge is 2.47. The van der Waals surface area contributed by atoms with E-state index in [1.165, 1.54) is 18.0 Å². The monoisotopic (exact) mass is 565 g/mol. The van der Waals surface area contributed by atoms with Gasteiger partial charge in [-0.3, -0.25) is 0 Å². The van der Waals surface area contributed by atoms with Crippen LogP contribution < -0.4 is 0 Å². The molecule has 206 valence electrons. The first-order valence-corrected chi connectivity index (χ1v) is 13.1. The summed E-state index contributed by atoms with van der Waals surface area (Å²) in [5.74, 6) is -0.773.